The van der Waals surface area contributed by atoms with E-state index in [9.17, 15) is 28.8 Å². The van der Waals surface area contributed by atoms with Gasteiger partial charge >= 0.3 is 11.9 Å². The number of rotatable bonds is 15. The third kappa shape index (κ3) is 11.0. The van der Waals surface area contributed by atoms with E-state index in [0.717, 1.165) is 5.56 Å². The molecule has 1 rings (SSSR count). The van der Waals surface area contributed by atoms with E-state index in [1.54, 1.807) is 24.3 Å². The molecule has 33 heavy (non-hydrogen) atoms. The summed E-state index contributed by atoms with van der Waals surface area (Å²) in [5.74, 6) is -4.88. The number of amides is 4. The van der Waals surface area contributed by atoms with Crippen molar-refractivity contribution in [3.63, 3.8) is 0 Å². The van der Waals surface area contributed by atoms with Crippen molar-refractivity contribution in [3.8, 4) is 0 Å². The van der Waals surface area contributed by atoms with Gasteiger partial charge in [-0.1, -0.05) is 24.3 Å². The Kier molecular flexibility index (Phi) is 12.0. The summed E-state index contributed by atoms with van der Waals surface area (Å²) in [4.78, 5) is 69.6. The molecular weight excluding hydrogens is 456 g/mol. The van der Waals surface area contributed by atoms with E-state index in [4.69, 9.17) is 10.2 Å². The van der Waals surface area contributed by atoms with Crippen molar-refractivity contribution < 1.29 is 39.0 Å². The second-order valence-corrected chi connectivity index (χ2v) is 7.33. The van der Waals surface area contributed by atoms with E-state index in [0.29, 0.717) is 18.5 Å². The third-order valence-corrected chi connectivity index (χ3v) is 4.45. The lowest BCUT2D eigenvalue weighted by Crippen LogP contribution is -2.55. The number of hydrogen-bond donors (Lipinski definition) is 7. The van der Waals surface area contributed by atoms with Gasteiger partial charge in [0, 0.05) is 18.8 Å². The van der Waals surface area contributed by atoms with Gasteiger partial charge < -0.3 is 31.5 Å². The Morgan fingerprint density at radius 3 is 1.94 bits per heavy atom. The highest BCUT2D eigenvalue weighted by molar-refractivity contribution is 7.80. The summed E-state index contributed by atoms with van der Waals surface area (Å²) in [6.45, 7) is 0.448. The summed E-state index contributed by atoms with van der Waals surface area (Å²) in [6.07, 6.45) is -1.11. The van der Waals surface area contributed by atoms with Crippen molar-refractivity contribution in [1.82, 2.24) is 21.3 Å². The molecule has 1 aromatic carbocycles. The van der Waals surface area contributed by atoms with Gasteiger partial charge in [0.05, 0.1) is 19.3 Å². The highest BCUT2D eigenvalue weighted by Gasteiger charge is 2.29. The van der Waals surface area contributed by atoms with Crippen molar-refractivity contribution in [2.45, 2.75) is 37.9 Å². The molecule has 0 spiro atoms. The summed E-state index contributed by atoms with van der Waals surface area (Å²) in [7, 11) is 0. The fourth-order valence-electron chi connectivity index (χ4n) is 2.71. The Morgan fingerprint density at radius 2 is 1.42 bits per heavy atom. The first-order chi connectivity index (χ1) is 15.7. The summed E-state index contributed by atoms with van der Waals surface area (Å²) in [5, 5.41) is 27.5. The monoisotopic (exact) mass is 482 g/mol. The van der Waals surface area contributed by atoms with Gasteiger partial charge in [-0.3, -0.25) is 28.8 Å². The van der Waals surface area contributed by atoms with Crippen LogP contribution in [0.1, 0.15) is 24.0 Å². The van der Waals surface area contributed by atoms with Crippen LogP contribution in [0.5, 0.6) is 0 Å². The fourth-order valence-corrected chi connectivity index (χ4v) is 2.82. The standard InChI is InChI=1S/C20H26N4O8S/c25-11-21-10-13-3-1-12(2-4-13)7-16(26)23-15(9-18(29)30)20(32)24-14(8-17(27)28)19(31)22-5-6-33/h1-4,11,14-15,33H,5-10H2,(H,21,25)(H,22,31)(H,23,26)(H,24,32)(H,27,28)(H,29,30). The molecule has 6 N–H and O–H groups in total. The van der Waals surface area contributed by atoms with Crippen LogP contribution in [-0.2, 0) is 41.7 Å². The van der Waals surface area contributed by atoms with Gasteiger partial charge in [0.2, 0.25) is 24.1 Å². The molecule has 12 nitrogen and oxygen atoms in total. The Hall–Kier alpha value is -3.61. The van der Waals surface area contributed by atoms with Crippen molar-refractivity contribution in [1.29, 1.82) is 0 Å². The molecule has 2 unspecified atom stereocenters. The predicted octanol–water partition coefficient (Wildman–Crippen LogP) is -1.56. The number of carboxylic acid groups (broad SMARTS) is 2. The van der Waals surface area contributed by atoms with Crippen LogP contribution in [-0.4, -0.2) is 70.7 Å². The first kappa shape index (κ1) is 27.4. The lowest BCUT2D eigenvalue weighted by molar-refractivity contribution is -0.143. The third-order valence-electron chi connectivity index (χ3n) is 4.23. The van der Waals surface area contributed by atoms with Gasteiger partial charge in [0.1, 0.15) is 12.1 Å². The van der Waals surface area contributed by atoms with E-state index in [1.807, 2.05) is 0 Å². The maximum absolute atomic E-state index is 12.6. The van der Waals surface area contributed by atoms with E-state index < -0.39 is 54.6 Å². The zero-order chi connectivity index (χ0) is 24.8. The summed E-state index contributed by atoms with van der Waals surface area (Å²) in [5.41, 5.74) is 1.38. The minimum Gasteiger partial charge on any atom is -0.481 e. The van der Waals surface area contributed by atoms with Crippen LogP contribution in [0.2, 0.25) is 0 Å². The van der Waals surface area contributed by atoms with Crippen LogP contribution < -0.4 is 21.3 Å². The van der Waals surface area contributed by atoms with Crippen LogP contribution in [0, 0.1) is 0 Å². The normalized spacial score (nSPS) is 12.0. The first-order valence-electron chi connectivity index (χ1n) is 9.83. The Bertz CT molecular complexity index is 862. The number of benzene rings is 1. The SMILES string of the molecule is O=CNCc1ccc(CC(=O)NC(CC(=O)O)C(=O)NC(CC(=O)O)C(=O)NCCS)cc1. The zero-order valence-corrected chi connectivity index (χ0v) is 18.5. The molecular formula is C20H26N4O8S. The molecule has 0 aliphatic carbocycles. The average molecular weight is 483 g/mol. The maximum atomic E-state index is 12.6. The lowest BCUT2D eigenvalue weighted by Gasteiger charge is -2.21. The summed E-state index contributed by atoms with van der Waals surface area (Å²) >= 11 is 3.92. The molecule has 2 atom stereocenters. The van der Waals surface area contributed by atoms with Crippen LogP contribution in [0.3, 0.4) is 0 Å². The minimum atomic E-state index is -1.53. The number of thiol groups is 1. The van der Waals surface area contributed by atoms with Crippen LogP contribution >= 0.6 is 12.6 Å². The van der Waals surface area contributed by atoms with Gasteiger partial charge in [-0.05, 0) is 11.1 Å². The van der Waals surface area contributed by atoms with Crippen LogP contribution in [0.25, 0.3) is 0 Å². The highest BCUT2D eigenvalue weighted by atomic mass is 32.1. The van der Waals surface area contributed by atoms with Crippen molar-refractivity contribution >= 4 is 48.7 Å². The highest BCUT2D eigenvalue weighted by Crippen LogP contribution is 2.06. The number of aliphatic carboxylic acids is 2. The molecule has 180 valence electrons. The van der Waals surface area contributed by atoms with Gasteiger partial charge in [0.25, 0.3) is 0 Å². The summed E-state index contributed by atoms with van der Waals surface area (Å²) in [6, 6.07) is 3.68. The van der Waals surface area contributed by atoms with Crippen molar-refractivity contribution in [3.05, 3.63) is 35.4 Å². The van der Waals surface area contributed by atoms with Crippen molar-refractivity contribution in [2.24, 2.45) is 0 Å². The zero-order valence-electron chi connectivity index (χ0n) is 17.6. The molecule has 1 aromatic rings. The van der Waals surface area contributed by atoms with E-state index in [1.165, 1.54) is 0 Å². The van der Waals surface area contributed by atoms with Crippen LogP contribution in [0.4, 0.5) is 0 Å². The van der Waals surface area contributed by atoms with Crippen molar-refractivity contribution in [2.75, 3.05) is 12.3 Å². The van der Waals surface area contributed by atoms with Gasteiger partial charge in [0.15, 0.2) is 0 Å². The molecule has 0 saturated heterocycles. The second kappa shape index (κ2) is 14.5. The number of carboxylic acids is 2. The molecule has 0 saturated carbocycles. The smallest absolute Gasteiger partial charge is 0.305 e. The predicted molar refractivity (Wildman–Crippen MR) is 118 cm³/mol. The number of hydrogen-bond acceptors (Lipinski definition) is 7. The molecule has 13 heteroatoms. The molecule has 4 amide bonds. The first-order valence-corrected chi connectivity index (χ1v) is 10.5. The number of carbonyl (C=O) groups is 6. The molecule has 0 heterocycles. The largest absolute Gasteiger partial charge is 0.481 e. The molecule has 0 aromatic heterocycles. The lowest BCUT2D eigenvalue weighted by atomic mass is 10.1. The van der Waals surface area contributed by atoms with Crippen LogP contribution in [0.15, 0.2) is 24.3 Å². The topological polar surface area (TPSA) is 191 Å². The number of carbonyl (C=O) groups excluding carboxylic acids is 4. The van der Waals surface area contributed by atoms with Gasteiger partial charge in [-0.15, -0.1) is 0 Å². The molecule has 0 aliphatic rings. The Balaban J connectivity index is 2.83. The minimum absolute atomic E-state index is 0.132. The molecule has 0 aliphatic heterocycles. The van der Waals surface area contributed by atoms with Gasteiger partial charge in [-0.2, -0.15) is 12.6 Å². The molecule has 0 bridgehead atoms. The average Bonchev–Trinajstić information content (AvgIpc) is 2.75. The fraction of sp³-hybridized carbons (Fsp3) is 0.400. The number of nitrogens with one attached hydrogen (secondary N) is 4. The van der Waals surface area contributed by atoms with E-state index in [2.05, 4.69) is 33.9 Å². The van der Waals surface area contributed by atoms with E-state index >= 15 is 0 Å². The molecule has 0 radical (unpaired) electrons. The van der Waals surface area contributed by atoms with E-state index in [-0.39, 0.29) is 18.7 Å². The maximum Gasteiger partial charge on any atom is 0.305 e. The molecule has 0 fully saturated rings. The quantitative estimate of drug-likeness (QED) is 0.115. The Morgan fingerprint density at radius 1 is 0.879 bits per heavy atom. The second-order valence-electron chi connectivity index (χ2n) is 6.88. The summed E-state index contributed by atoms with van der Waals surface area (Å²) < 4.78 is 0. The van der Waals surface area contributed by atoms with Gasteiger partial charge in [-0.25, -0.2) is 0 Å². The Labute approximate surface area is 194 Å².